The molecule has 0 aliphatic heterocycles. The van der Waals surface area contributed by atoms with E-state index in [4.69, 9.17) is 18.9 Å². The molecule has 2 unspecified atom stereocenters. The number of hydrogen-bond acceptors (Lipinski definition) is 7. The van der Waals surface area contributed by atoms with Crippen molar-refractivity contribution >= 4 is 17.9 Å². The topological polar surface area (TPSA) is 108 Å². The molecular formula is C67H112NO8+. The van der Waals surface area contributed by atoms with Crippen LogP contribution in [0.1, 0.15) is 226 Å². The van der Waals surface area contributed by atoms with Gasteiger partial charge >= 0.3 is 17.9 Å². The molecule has 0 aliphatic carbocycles. The smallest absolute Gasteiger partial charge is 0.361 e. The summed E-state index contributed by atoms with van der Waals surface area (Å²) >= 11 is 0. The molecule has 0 aromatic heterocycles. The Morgan fingerprint density at radius 3 is 1.13 bits per heavy atom. The van der Waals surface area contributed by atoms with Gasteiger partial charge in [-0.3, -0.25) is 9.59 Å². The van der Waals surface area contributed by atoms with E-state index in [1.165, 1.54) is 70.6 Å². The van der Waals surface area contributed by atoms with Crippen LogP contribution < -0.4 is 0 Å². The number of carbonyl (C=O) groups is 3. The van der Waals surface area contributed by atoms with E-state index >= 15 is 0 Å². The summed E-state index contributed by atoms with van der Waals surface area (Å²) in [6, 6.07) is 0. The third kappa shape index (κ3) is 57.4. The first-order valence-corrected chi connectivity index (χ1v) is 30.2. The SMILES string of the molecule is CC/C=C\C/C=C\C/C=C\C/C=C\C/C=C\C/C=C\C/C=C\C/C=C\C/C=C\CCCCCCCCCCCCCC(=O)OC(COC(=O)CCCCCCC/C=C\CCCCC)COC(OCC[N+](C)(C)C)C(=O)O. The molecule has 1 N–H and O–H groups in total. The molecule has 0 aromatic rings. The second kappa shape index (κ2) is 56.9. The Labute approximate surface area is 466 Å². The van der Waals surface area contributed by atoms with Crippen LogP contribution in [0.5, 0.6) is 0 Å². The molecule has 2 atom stereocenters. The largest absolute Gasteiger partial charge is 0.477 e. The Morgan fingerprint density at radius 1 is 0.408 bits per heavy atom. The van der Waals surface area contributed by atoms with Crippen LogP contribution in [0.3, 0.4) is 0 Å². The monoisotopic (exact) mass is 1060 g/mol. The van der Waals surface area contributed by atoms with Gasteiger partial charge in [0.2, 0.25) is 0 Å². The third-order valence-electron chi connectivity index (χ3n) is 12.5. The Bertz CT molecular complexity index is 1660. The highest BCUT2D eigenvalue weighted by atomic mass is 16.7. The zero-order valence-electron chi connectivity index (χ0n) is 49.1. The molecule has 76 heavy (non-hydrogen) atoms. The Morgan fingerprint density at radius 2 is 0.750 bits per heavy atom. The molecule has 432 valence electrons. The van der Waals surface area contributed by atoms with Crippen LogP contribution in [-0.4, -0.2) is 87.4 Å². The predicted octanol–water partition coefficient (Wildman–Crippen LogP) is 18.1. The number of carbonyl (C=O) groups excluding carboxylic acids is 2. The van der Waals surface area contributed by atoms with E-state index in [0.717, 1.165) is 122 Å². The van der Waals surface area contributed by atoms with E-state index in [2.05, 4.69) is 135 Å². The molecule has 0 rings (SSSR count). The molecule has 0 aromatic carbocycles. The summed E-state index contributed by atoms with van der Waals surface area (Å²) in [4.78, 5) is 37.3. The van der Waals surface area contributed by atoms with Gasteiger partial charge in [-0.2, -0.15) is 0 Å². The number of carboxylic acids is 1. The predicted molar refractivity (Wildman–Crippen MR) is 322 cm³/mol. The second-order valence-corrected chi connectivity index (χ2v) is 20.9. The number of nitrogens with zero attached hydrogens (tertiary/aromatic N) is 1. The minimum atomic E-state index is -1.52. The van der Waals surface area contributed by atoms with Crippen LogP contribution in [0.4, 0.5) is 0 Å². The van der Waals surface area contributed by atoms with Crippen molar-refractivity contribution in [2.45, 2.75) is 238 Å². The Balaban J connectivity index is 4.11. The third-order valence-corrected chi connectivity index (χ3v) is 12.5. The number of quaternary nitrogens is 1. The van der Waals surface area contributed by atoms with Gasteiger partial charge in [0, 0.05) is 12.8 Å². The van der Waals surface area contributed by atoms with Gasteiger partial charge in [-0.1, -0.05) is 225 Å². The van der Waals surface area contributed by atoms with Gasteiger partial charge in [0.1, 0.15) is 13.2 Å². The quantitative estimate of drug-likeness (QED) is 0.0211. The summed E-state index contributed by atoms with van der Waals surface area (Å²) in [6.45, 7) is 4.71. The van der Waals surface area contributed by atoms with Crippen LogP contribution in [-0.2, 0) is 33.3 Å². The van der Waals surface area contributed by atoms with Gasteiger partial charge in [-0.25, -0.2) is 4.79 Å². The lowest BCUT2D eigenvalue weighted by atomic mass is 10.0. The van der Waals surface area contributed by atoms with Crippen LogP contribution in [0.15, 0.2) is 122 Å². The van der Waals surface area contributed by atoms with Crippen molar-refractivity contribution in [3.8, 4) is 0 Å². The zero-order valence-corrected chi connectivity index (χ0v) is 49.1. The molecule has 0 radical (unpaired) electrons. The second-order valence-electron chi connectivity index (χ2n) is 20.9. The summed E-state index contributed by atoms with van der Waals surface area (Å²) in [7, 11) is 5.95. The molecule has 0 saturated carbocycles. The average Bonchev–Trinajstić information content (AvgIpc) is 3.39. The highest BCUT2D eigenvalue weighted by Crippen LogP contribution is 2.15. The zero-order chi connectivity index (χ0) is 55.5. The fourth-order valence-corrected chi connectivity index (χ4v) is 7.82. The highest BCUT2D eigenvalue weighted by molar-refractivity contribution is 5.71. The lowest BCUT2D eigenvalue weighted by Crippen LogP contribution is -2.40. The average molecular weight is 1060 g/mol. The molecule has 0 fully saturated rings. The van der Waals surface area contributed by atoms with Gasteiger partial charge in [0.25, 0.3) is 6.29 Å². The van der Waals surface area contributed by atoms with E-state index < -0.39 is 24.3 Å². The molecule has 0 heterocycles. The van der Waals surface area contributed by atoms with Gasteiger partial charge in [-0.05, 0) is 109 Å². The van der Waals surface area contributed by atoms with Crippen molar-refractivity contribution in [1.29, 1.82) is 0 Å². The van der Waals surface area contributed by atoms with Crippen LogP contribution >= 0.6 is 0 Å². The van der Waals surface area contributed by atoms with E-state index in [0.29, 0.717) is 17.4 Å². The molecule has 9 heteroatoms. The van der Waals surface area contributed by atoms with Crippen molar-refractivity contribution in [2.24, 2.45) is 0 Å². The number of unbranched alkanes of at least 4 members (excludes halogenated alkanes) is 19. The molecule has 0 spiro atoms. The first-order valence-electron chi connectivity index (χ1n) is 30.2. The van der Waals surface area contributed by atoms with Gasteiger partial charge < -0.3 is 28.5 Å². The molecule has 0 amide bonds. The Kier molecular flexibility index (Phi) is 53.7. The van der Waals surface area contributed by atoms with Gasteiger partial charge in [0.15, 0.2) is 6.10 Å². The molecule has 0 aliphatic rings. The first kappa shape index (κ1) is 71.7. The molecule has 0 saturated heterocycles. The Hall–Kier alpha value is -4.31. The fourth-order valence-electron chi connectivity index (χ4n) is 7.82. The van der Waals surface area contributed by atoms with E-state index in [9.17, 15) is 19.5 Å². The number of aliphatic carboxylic acids is 1. The lowest BCUT2D eigenvalue weighted by Gasteiger charge is -2.25. The minimum Gasteiger partial charge on any atom is -0.477 e. The number of hydrogen-bond donors (Lipinski definition) is 1. The summed E-state index contributed by atoms with van der Waals surface area (Å²) in [5.74, 6) is -2.03. The van der Waals surface area contributed by atoms with Gasteiger partial charge in [-0.15, -0.1) is 0 Å². The molecule has 0 bridgehead atoms. The van der Waals surface area contributed by atoms with Crippen LogP contribution in [0.25, 0.3) is 0 Å². The minimum absolute atomic E-state index is 0.181. The summed E-state index contributed by atoms with van der Waals surface area (Å²) in [5, 5.41) is 9.68. The normalized spacial score (nSPS) is 13.6. The van der Waals surface area contributed by atoms with E-state index in [-0.39, 0.29) is 38.6 Å². The summed E-state index contributed by atoms with van der Waals surface area (Å²) in [5.41, 5.74) is 0. The number of carboxylic acid groups (broad SMARTS) is 1. The van der Waals surface area contributed by atoms with Crippen LogP contribution in [0.2, 0.25) is 0 Å². The summed E-state index contributed by atoms with van der Waals surface area (Å²) < 4.78 is 22.8. The van der Waals surface area contributed by atoms with Gasteiger partial charge in [0.05, 0.1) is 34.4 Å². The number of ether oxygens (including phenoxy) is 4. The highest BCUT2D eigenvalue weighted by Gasteiger charge is 2.25. The number of rotatable bonds is 54. The fraction of sp³-hybridized carbons (Fsp3) is 0.657. The van der Waals surface area contributed by atoms with Crippen molar-refractivity contribution in [2.75, 3.05) is 47.5 Å². The maximum atomic E-state index is 12.9. The van der Waals surface area contributed by atoms with Crippen LogP contribution in [0, 0.1) is 0 Å². The van der Waals surface area contributed by atoms with Crippen molar-refractivity contribution in [3.63, 3.8) is 0 Å². The number of likely N-dealkylation sites (N-methyl/N-ethyl adjacent to an activating group) is 1. The molecule has 9 nitrogen and oxygen atoms in total. The van der Waals surface area contributed by atoms with E-state index in [1.807, 2.05) is 21.1 Å². The number of allylic oxidation sites excluding steroid dienone is 20. The molecular weight excluding hydrogens is 947 g/mol. The van der Waals surface area contributed by atoms with E-state index in [1.54, 1.807) is 0 Å². The van der Waals surface area contributed by atoms with Crippen molar-refractivity contribution in [1.82, 2.24) is 0 Å². The lowest BCUT2D eigenvalue weighted by molar-refractivity contribution is -0.870. The summed E-state index contributed by atoms with van der Waals surface area (Å²) in [6.07, 6.45) is 77.2. The van der Waals surface area contributed by atoms with Crippen molar-refractivity contribution in [3.05, 3.63) is 122 Å². The first-order chi connectivity index (χ1) is 37.1. The maximum Gasteiger partial charge on any atom is 0.361 e. The standard InChI is InChI=1S/C67H111NO8/c1-6-8-10-12-14-16-18-20-21-22-23-24-25-26-27-28-29-30-31-32-33-34-35-36-37-38-39-40-41-42-43-44-45-46-48-50-52-54-56-58-65(70)76-63(62-75-67(66(71)72)73-60-59-68(3,4)5)61-74-64(69)57-55-53-51-49-47-19-17-15-13-11-9-7-2/h8,10,14-17,20-21,23-24,26-27,29-30,32-33,35-36,38-39,63,67H,6-7,9,11-13,18-19,22,25,28,31,34,37,40-62H2,1-5H3/p+1/b10-8-,16-14-,17-15-,21-20-,24-23-,27-26-,30-29-,33-32-,36-35-,39-38-. The maximum absolute atomic E-state index is 12.9. The van der Waals surface area contributed by atoms with Crippen molar-refractivity contribution < 1.29 is 42.9 Å². The number of esters is 2.